The zero-order valence-corrected chi connectivity index (χ0v) is 11.9. The molecule has 1 aliphatic rings. The number of amides is 1. The topological polar surface area (TPSA) is 88.2 Å². The molecule has 0 aromatic carbocycles. The Morgan fingerprint density at radius 3 is 2.85 bits per heavy atom. The van der Waals surface area contributed by atoms with Gasteiger partial charge in [0.1, 0.15) is 18.2 Å². The number of carbonyl (C=O) groups is 1. The van der Waals surface area contributed by atoms with Crippen LogP contribution in [0.3, 0.4) is 0 Å². The predicted octanol–water partition coefficient (Wildman–Crippen LogP) is 0.745. The van der Waals surface area contributed by atoms with Gasteiger partial charge in [0.25, 0.3) is 0 Å². The third kappa shape index (κ3) is 4.06. The van der Waals surface area contributed by atoms with Gasteiger partial charge >= 0.3 is 0 Å². The van der Waals surface area contributed by atoms with E-state index in [2.05, 4.69) is 25.9 Å². The molecular weight excluding hydrogens is 258 g/mol. The van der Waals surface area contributed by atoms with Crippen molar-refractivity contribution in [1.29, 1.82) is 0 Å². The Labute approximate surface area is 118 Å². The summed E-state index contributed by atoms with van der Waals surface area (Å²) in [6, 6.07) is 1.92. The lowest BCUT2D eigenvalue weighted by molar-refractivity contribution is -0.119. The fourth-order valence-corrected chi connectivity index (χ4v) is 2.02. The van der Waals surface area contributed by atoms with Crippen LogP contribution in [0.1, 0.15) is 26.1 Å². The summed E-state index contributed by atoms with van der Waals surface area (Å²) in [6.45, 7) is 6.36. The molecule has 1 saturated heterocycles. The number of hydrogen-bond donors (Lipinski definition) is 3. The van der Waals surface area contributed by atoms with Crippen molar-refractivity contribution >= 4 is 17.5 Å². The Kier molecular flexibility index (Phi) is 5.11. The summed E-state index contributed by atoms with van der Waals surface area (Å²) in [4.78, 5) is 20.0. The molecule has 3 N–H and O–H groups in total. The predicted molar refractivity (Wildman–Crippen MR) is 76.6 cm³/mol. The van der Waals surface area contributed by atoms with Crippen LogP contribution in [0.5, 0.6) is 0 Å². The highest BCUT2D eigenvalue weighted by atomic mass is 16.5. The normalized spacial score (nSPS) is 17.9. The molecule has 0 bridgehead atoms. The first-order valence-corrected chi connectivity index (χ1v) is 6.94. The molecule has 1 unspecified atom stereocenters. The van der Waals surface area contributed by atoms with E-state index in [0.29, 0.717) is 37.8 Å². The van der Waals surface area contributed by atoms with E-state index in [1.807, 2.05) is 19.9 Å². The number of nitrogens with zero attached hydrogens (tertiary/aromatic N) is 2. The highest BCUT2D eigenvalue weighted by Crippen LogP contribution is 2.15. The standard InChI is InChI=1S/C13H21N5O2/c1-3-14-10-6-11(16-9-5-13(19)15-7-9)18-12(17-10)8-20-4-2/h6,9H,3-5,7-8H2,1-2H3,(H,15,19)(H2,14,16,17,18). The molecule has 2 heterocycles. The van der Waals surface area contributed by atoms with Crippen LogP contribution in [0.15, 0.2) is 6.07 Å². The molecule has 2 rings (SSSR count). The molecule has 1 aliphatic heterocycles. The van der Waals surface area contributed by atoms with Gasteiger partial charge in [-0.05, 0) is 13.8 Å². The third-order valence-corrected chi connectivity index (χ3v) is 2.90. The van der Waals surface area contributed by atoms with E-state index in [4.69, 9.17) is 4.74 Å². The van der Waals surface area contributed by atoms with Crippen LogP contribution >= 0.6 is 0 Å². The summed E-state index contributed by atoms with van der Waals surface area (Å²) in [5, 5.41) is 9.22. The number of ether oxygens (including phenoxy) is 1. The Bertz CT molecular complexity index is 466. The first-order valence-electron chi connectivity index (χ1n) is 6.94. The SMILES string of the molecule is CCNc1cc(NC2CNC(=O)C2)nc(COCC)n1. The van der Waals surface area contributed by atoms with Crippen LogP contribution in [-0.2, 0) is 16.1 Å². The van der Waals surface area contributed by atoms with E-state index in [0.717, 1.165) is 12.4 Å². The summed E-state index contributed by atoms with van der Waals surface area (Å²) in [7, 11) is 0. The molecule has 110 valence electrons. The molecule has 1 aromatic heterocycles. The van der Waals surface area contributed by atoms with Crippen LogP contribution in [0.4, 0.5) is 11.6 Å². The van der Waals surface area contributed by atoms with Crippen LogP contribution in [0.25, 0.3) is 0 Å². The van der Waals surface area contributed by atoms with Crippen LogP contribution in [0, 0.1) is 0 Å². The van der Waals surface area contributed by atoms with E-state index in [1.165, 1.54) is 0 Å². The highest BCUT2D eigenvalue weighted by molar-refractivity contribution is 5.79. The second-order valence-electron chi connectivity index (χ2n) is 4.57. The molecule has 7 nitrogen and oxygen atoms in total. The average molecular weight is 279 g/mol. The van der Waals surface area contributed by atoms with E-state index < -0.39 is 0 Å². The molecular formula is C13H21N5O2. The minimum atomic E-state index is 0.0676. The number of aromatic nitrogens is 2. The van der Waals surface area contributed by atoms with Gasteiger partial charge < -0.3 is 20.7 Å². The van der Waals surface area contributed by atoms with Gasteiger partial charge in [-0.25, -0.2) is 9.97 Å². The van der Waals surface area contributed by atoms with Gasteiger partial charge in [-0.3, -0.25) is 4.79 Å². The number of hydrogen-bond acceptors (Lipinski definition) is 6. The Morgan fingerprint density at radius 1 is 1.40 bits per heavy atom. The minimum absolute atomic E-state index is 0.0676. The van der Waals surface area contributed by atoms with E-state index >= 15 is 0 Å². The third-order valence-electron chi connectivity index (χ3n) is 2.90. The molecule has 0 saturated carbocycles. The lowest BCUT2D eigenvalue weighted by Gasteiger charge is -2.14. The maximum Gasteiger partial charge on any atom is 0.222 e. The largest absolute Gasteiger partial charge is 0.374 e. The zero-order valence-electron chi connectivity index (χ0n) is 11.9. The van der Waals surface area contributed by atoms with Crippen molar-refractivity contribution in [1.82, 2.24) is 15.3 Å². The lowest BCUT2D eigenvalue weighted by Crippen LogP contribution is -2.23. The molecule has 1 amide bonds. The summed E-state index contributed by atoms with van der Waals surface area (Å²) >= 11 is 0. The maximum absolute atomic E-state index is 11.2. The Morgan fingerprint density at radius 2 is 2.20 bits per heavy atom. The number of rotatable bonds is 7. The van der Waals surface area contributed by atoms with Crippen molar-refractivity contribution < 1.29 is 9.53 Å². The van der Waals surface area contributed by atoms with Gasteiger partial charge in [0.2, 0.25) is 5.91 Å². The van der Waals surface area contributed by atoms with Crippen molar-refractivity contribution in [2.75, 3.05) is 30.3 Å². The molecule has 1 fully saturated rings. The fourth-order valence-electron chi connectivity index (χ4n) is 2.02. The van der Waals surface area contributed by atoms with Gasteiger partial charge in [0.05, 0.1) is 6.04 Å². The monoisotopic (exact) mass is 279 g/mol. The van der Waals surface area contributed by atoms with E-state index in [1.54, 1.807) is 0 Å². The van der Waals surface area contributed by atoms with E-state index in [9.17, 15) is 4.79 Å². The van der Waals surface area contributed by atoms with E-state index in [-0.39, 0.29) is 11.9 Å². The van der Waals surface area contributed by atoms with Crippen molar-refractivity contribution in [3.63, 3.8) is 0 Å². The second kappa shape index (κ2) is 7.04. The maximum atomic E-state index is 11.2. The van der Waals surface area contributed by atoms with Crippen LogP contribution in [0.2, 0.25) is 0 Å². The smallest absolute Gasteiger partial charge is 0.222 e. The first-order chi connectivity index (χ1) is 9.71. The summed E-state index contributed by atoms with van der Waals surface area (Å²) in [5.41, 5.74) is 0. The van der Waals surface area contributed by atoms with Gasteiger partial charge in [0.15, 0.2) is 5.82 Å². The number of anilines is 2. The van der Waals surface area contributed by atoms with Gasteiger partial charge in [-0.1, -0.05) is 0 Å². The molecule has 20 heavy (non-hydrogen) atoms. The van der Waals surface area contributed by atoms with Crippen LogP contribution < -0.4 is 16.0 Å². The fraction of sp³-hybridized carbons (Fsp3) is 0.615. The molecule has 1 atom stereocenters. The summed E-state index contributed by atoms with van der Waals surface area (Å²) in [6.07, 6.45) is 0.474. The highest BCUT2D eigenvalue weighted by Gasteiger charge is 2.21. The van der Waals surface area contributed by atoms with Crippen molar-refractivity contribution in [2.24, 2.45) is 0 Å². The molecule has 1 aromatic rings. The lowest BCUT2D eigenvalue weighted by atomic mass is 10.2. The molecule has 0 radical (unpaired) electrons. The van der Waals surface area contributed by atoms with Crippen molar-refractivity contribution in [3.05, 3.63) is 11.9 Å². The van der Waals surface area contributed by atoms with Crippen molar-refractivity contribution in [2.45, 2.75) is 32.9 Å². The Hall–Kier alpha value is -1.89. The first kappa shape index (κ1) is 14.5. The van der Waals surface area contributed by atoms with Gasteiger partial charge in [-0.2, -0.15) is 0 Å². The zero-order chi connectivity index (χ0) is 14.4. The van der Waals surface area contributed by atoms with Gasteiger partial charge in [0, 0.05) is 32.2 Å². The Balaban J connectivity index is 2.08. The molecule has 7 heteroatoms. The minimum Gasteiger partial charge on any atom is -0.374 e. The quantitative estimate of drug-likeness (QED) is 0.682. The number of carbonyl (C=O) groups excluding carboxylic acids is 1. The average Bonchev–Trinajstić information content (AvgIpc) is 2.82. The van der Waals surface area contributed by atoms with Crippen molar-refractivity contribution in [3.8, 4) is 0 Å². The molecule has 0 aliphatic carbocycles. The summed E-state index contributed by atoms with van der Waals surface area (Å²) < 4.78 is 5.35. The number of nitrogens with one attached hydrogen (secondary N) is 3. The van der Waals surface area contributed by atoms with Crippen LogP contribution in [-0.4, -0.2) is 41.6 Å². The summed E-state index contributed by atoms with van der Waals surface area (Å²) in [5.74, 6) is 2.17. The molecule has 0 spiro atoms. The van der Waals surface area contributed by atoms with Gasteiger partial charge in [-0.15, -0.1) is 0 Å². The second-order valence-corrected chi connectivity index (χ2v) is 4.57.